The number of piperidine rings is 3. The number of rotatable bonds is 3. The van der Waals surface area contributed by atoms with Crippen LogP contribution in [0, 0.1) is 5.92 Å². The number of carbonyl (C=O) groups is 1. The van der Waals surface area contributed by atoms with E-state index < -0.39 is 0 Å². The van der Waals surface area contributed by atoms with E-state index in [2.05, 4.69) is 15.2 Å². The molecule has 4 heterocycles. The minimum Gasteiger partial charge on any atom is -0.435 e. The number of carbonyl (C=O) groups excluding carboxylic acids is 1. The highest BCUT2D eigenvalue weighted by Crippen LogP contribution is 2.30. The van der Waals surface area contributed by atoms with Gasteiger partial charge in [-0.05, 0) is 68.2 Å². The minimum absolute atomic E-state index is 0.0850. The minimum atomic E-state index is -0.0850. The van der Waals surface area contributed by atoms with Crippen LogP contribution in [-0.2, 0) is 0 Å². The third kappa shape index (κ3) is 3.11. The number of fused-ring (bicyclic) bond motifs is 4. The van der Waals surface area contributed by atoms with Crippen LogP contribution < -0.4 is 5.32 Å². The molecule has 0 saturated carbocycles. The van der Waals surface area contributed by atoms with E-state index in [1.807, 2.05) is 24.3 Å². The number of hydrogen-bond donors (Lipinski definition) is 1. The smallest absolute Gasteiger partial charge is 0.255 e. The third-order valence-electron chi connectivity index (χ3n) is 5.72. The highest BCUT2D eigenvalue weighted by Gasteiger charge is 2.35. The first-order valence-corrected chi connectivity index (χ1v) is 9.74. The van der Waals surface area contributed by atoms with Crippen molar-refractivity contribution in [3.63, 3.8) is 0 Å². The van der Waals surface area contributed by atoms with Gasteiger partial charge >= 0.3 is 0 Å². The summed E-state index contributed by atoms with van der Waals surface area (Å²) < 4.78 is 5.97. The lowest BCUT2D eigenvalue weighted by Gasteiger charge is -2.44. The Morgan fingerprint density at radius 1 is 1.15 bits per heavy atom. The lowest BCUT2D eigenvalue weighted by atomic mass is 9.84. The summed E-state index contributed by atoms with van der Waals surface area (Å²) in [5.74, 6) is 0.986. The summed E-state index contributed by atoms with van der Waals surface area (Å²) in [6, 6.07) is 13.1. The second kappa shape index (κ2) is 6.66. The van der Waals surface area contributed by atoms with Crippen molar-refractivity contribution in [2.45, 2.75) is 18.9 Å². The van der Waals surface area contributed by atoms with Crippen LogP contribution in [0.15, 0.2) is 46.9 Å². The monoisotopic (exact) mass is 381 g/mol. The Morgan fingerprint density at radius 3 is 2.63 bits per heavy atom. The standard InChI is InChI=1S/C21H20ClN3O2/c22-15-6-4-14(5-7-15)21-24-17-3-1-2-16(19(17)27-21)20(26)23-18-12-25-10-8-13(18)9-11-25/h1-7,13,18H,8-12H2,(H,23,26). The quantitative estimate of drug-likeness (QED) is 0.745. The Kier molecular flexibility index (Phi) is 4.14. The molecule has 6 heteroatoms. The average Bonchev–Trinajstić information content (AvgIpc) is 3.13. The molecule has 1 amide bonds. The summed E-state index contributed by atoms with van der Waals surface area (Å²) in [6.45, 7) is 3.25. The molecule has 1 N–H and O–H groups in total. The van der Waals surface area contributed by atoms with Crippen molar-refractivity contribution >= 4 is 28.6 Å². The van der Waals surface area contributed by atoms with Crippen LogP contribution >= 0.6 is 11.6 Å². The number of amides is 1. The zero-order chi connectivity index (χ0) is 18.4. The van der Waals surface area contributed by atoms with Gasteiger partial charge < -0.3 is 14.6 Å². The van der Waals surface area contributed by atoms with E-state index in [-0.39, 0.29) is 11.9 Å². The summed E-state index contributed by atoms with van der Waals surface area (Å²) in [5.41, 5.74) is 2.58. The highest BCUT2D eigenvalue weighted by atomic mass is 35.5. The Morgan fingerprint density at radius 2 is 1.93 bits per heavy atom. The van der Waals surface area contributed by atoms with Gasteiger partial charge in [0.25, 0.3) is 5.91 Å². The van der Waals surface area contributed by atoms with Crippen LogP contribution in [0.5, 0.6) is 0 Å². The van der Waals surface area contributed by atoms with Gasteiger partial charge in [-0.15, -0.1) is 0 Å². The van der Waals surface area contributed by atoms with E-state index in [9.17, 15) is 4.79 Å². The fourth-order valence-electron chi connectivity index (χ4n) is 4.22. The van der Waals surface area contributed by atoms with Crippen LogP contribution in [0.4, 0.5) is 0 Å². The molecule has 3 aromatic rings. The second-order valence-electron chi connectivity index (χ2n) is 7.40. The first-order chi connectivity index (χ1) is 13.2. The lowest BCUT2D eigenvalue weighted by molar-refractivity contribution is 0.0621. The van der Waals surface area contributed by atoms with Crippen molar-refractivity contribution in [3.05, 3.63) is 53.1 Å². The van der Waals surface area contributed by atoms with Gasteiger partial charge in [0, 0.05) is 23.2 Å². The van der Waals surface area contributed by atoms with Gasteiger partial charge in [0.2, 0.25) is 5.89 Å². The number of hydrogen-bond acceptors (Lipinski definition) is 4. The molecule has 3 aliphatic rings. The molecule has 2 aromatic carbocycles. The van der Waals surface area contributed by atoms with Gasteiger partial charge in [-0.25, -0.2) is 4.98 Å². The molecule has 1 unspecified atom stereocenters. The largest absolute Gasteiger partial charge is 0.435 e. The fraction of sp³-hybridized carbons (Fsp3) is 0.333. The molecular weight excluding hydrogens is 362 g/mol. The van der Waals surface area contributed by atoms with Crippen molar-refractivity contribution in [3.8, 4) is 11.5 Å². The number of benzene rings is 2. The number of oxazole rings is 1. The van der Waals surface area contributed by atoms with Crippen molar-refractivity contribution in [2.24, 2.45) is 5.92 Å². The molecule has 3 fully saturated rings. The van der Waals surface area contributed by atoms with E-state index in [4.69, 9.17) is 16.0 Å². The summed E-state index contributed by atoms with van der Waals surface area (Å²) >= 11 is 5.96. The molecule has 27 heavy (non-hydrogen) atoms. The summed E-state index contributed by atoms with van der Waals surface area (Å²) in [5, 5.41) is 3.89. The fourth-order valence-corrected chi connectivity index (χ4v) is 4.34. The van der Waals surface area contributed by atoms with Gasteiger partial charge in [0.1, 0.15) is 5.52 Å². The Labute approximate surface area is 162 Å². The Bertz CT molecular complexity index is 990. The van der Waals surface area contributed by atoms with E-state index >= 15 is 0 Å². The first kappa shape index (κ1) is 16.8. The zero-order valence-electron chi connectivity index (χ0n) is 14.8. The third-order valence-corrected chi connectivity index (χ3v) is 5.98. The number of nitrogens with one attached hydrogen (secondary N) is 1. The van der Waals surface area contributed by atoms with Crippen LogP contribution in [0.3, 0.4) is 0 Å². The number of nitrogens with zero attached hydrogens (tertiary/aromatic N) is 2. The summed E-state index contributed by atoms with van der Waals surface area (Å²) in [6.07, 6.45) is 2.33. The molecule has 6 rings (SSSR count). The van der Waals surface area contributed by atoms with Crippen molar-refractivity contribution in [2.75, 3.05) is 19.6 Å². The summed E-state index contributed by atoms with van der Waals surface area (Å²) in [4.78, 5) is 19.9. The molecule has 0 radical (unpaired) electrons. The predicted octanol–water partition coefficient (Wildman–Crippen LogP) is 3.97. The molecular formula is C21H20ClN3O2. The van der Waals surface area contributed by atoms with Crippen molar-refractivity contribution in [1.82, 2.24) is 15.2 Å². The normalized spacial score (nSPS) is 24.3. The second-order valence-corrected chi connectivity index (χ2v) is 7.83. The topological polar surface area (TPSA) is 58.4 Å². The van der Waals surface area contributed by atoms with Gasteiger partial charge in [0.15, 0.2) is 5.58 Å². The highest BCUT2D eigenvalue weighted by molar-refractivity contribution is 6.30. The molecule has 2 bridgehead atoms. The first-order valence-electron chi connectivity index (χ1n) is 9.36. The van der Waals surface area contributed by atoms with Crippen LogP contribution in [0.25, 0.3) is 22.6 Å². The van der Waals surface area contributed by atoms with E-state index in [0.29, 0.717) is 33.5 Å². The Hall–Kier alpha value is -2.37. The molecule has 0 aliphatic carbocycles. The maximum absolute atomic E-state index is 13.0. The molecule has 0 spiro atoms. The number of aromatic nitrogens is 1. The average molecular weight is 382 g/mol. The molecule has 3 saturated heterocycles. The van der Waals surface area contributed by atoms with E-state index in [0.717, 1.165) is 38.0 Å². The SMILES string of the molecule is O=C(NC1CN2CCC1CC2)c1cccc2nc(-c3ccc(Cl)cc3)oc12. The Balaban J connectivity index is 1.44. The van der Waals surface area contributed by atoms with Gasteiger partial charge in [-0.3, -0.25) is 4.79 Å². The molecule has 3 aliphatic heterocycles. The maximum atomic E-state index is 13.0. The molecule has 5 nitrogen and oxygen atoms in total. The van der Waals surface area contributed by atoms with Gasteiger partial charge in [0.05, 0.1) is 5.56 Å². The van der Waals surface area contributed by atoms with Gasteiger partial charge in [-0.2, -0.15) is 0 Å². The maximum Gasteiger partial charge on any atom is 0.255 e. The van der Waals surface area contributed by atoms with E-state index in [1.165, 1.54) is 0 Å². The van der Waals surface area contributed by atoms with Crippen molar-refractivity contribution < 1.29 is 9.21 Å². The predicted molar refractivity (Wildman–Crippen MR) is 105 cm³/mol. The zero-order valence-corrected chi connectivity index (χ0v) is 15.6. The van der Waals surface area contributed by atoms with Crippen LogP contribution in [-0.4, -0.2) is 41.5 Å². The number of para-hydroxylation sites is 1. The summed E-state index contributed by atoms with van der Waals surface area (Å²) in [7, 11) is 0. The van der Waals surface area contributed by atoms with Crippen LogP contribution in [0.2, 0.25) is 5.02 Å². The lowest BCUT2D eigenvalue weighted by Crippen LogP contribution is -2.57. The van der Waals surface area contributed by atoms with Gasteiger partial charge in [-0.1, -0.05) is 17.7 Å². The molecule has 1 aromatic heterocycles. The van der Waals surface area contributed by atoms with E-state index in [1.54, 1.807) is 18.2 Å². The number of halogens is 1. The molecule has 1 atom stereocenters. The van der Waals surface area contributed by atoms with Crippen molar-refractivity contribution in [1.29, 1.82) is 0 Å². The van der Waals surface area contributed by atoms with Crippen LogP contribution in [0.1, 0.15) is 23.2 Å². The molecule has 138 valence electrons.